The third-order valence-electron chi connectivity index (χ3n) is 9.30. The van der Waals surface area contributed by atoms with Crippen LogP contribution in [0.2, 0.25) is 5.02 Å². The smallest absolute Gasteiger partial charge is 0.257 e. The van der Waals surface area contributed by atoms with Gasteiger partial charge in [-0.1, -0.05) is 23.7 Å². The minimum atomic E-state index is -0.0143. The first-order chi connectivity index (χ1) is 17.5. The van der Waals surface area contributed by atoms with Crippen molar-refractivity contribution < 1.29 is 9.59 Å². The van der Waals surface area contributed by atoms with Crippen LogP contribution in [0.3, 0.4) is 0 Å². The molecule has 4 aliphatic rings. The van der Waals surface area contributed by atoms with Gasteiger partial charge in [-0.3, -0.25) is 9.59 Å². The maximum absolute atomic E-state index is 13.7. The van der Waals surface area contributed by atoms with Crippen molar-refractivity contribution in [3.8, 4) is 0 Å². The maximum Gasteiger partial charge on any atom is 0.257 e. The number of aryl methyl sites for hydroxylation is 2. The largest absolute Gasteiger partial charge is 0.345 e. The summed E-state index contributed by atoms with van der Waals surface area (Å²) in [6.45, 7) is 4.38. The predicted molar refractivity (Wildman–Crippen MR) is 140 cm³/mol. The third-order valence-corrected chi connectivity index (χ3v) is 9.61. The van der Waals surface area contributed by atoms with Crippen molar-refractivity contribution in [2.24, 2.45) is 12.5 Å². The molecule has 4 heterocycles. The standard InChI is InChI=1S/C29H31ClN4O2/c1-32-23-4-2-3-21(30)25(23)26-24(32)16-34(28(26)36)22-8-7-18-5-6-19(15-20(18)22)27(35)33-14-11-29(17-33)9-12-31-13-10-29/h2-6,15,22,31H,7-14,16-17H2,1H3. The fourth-order valence-electron chi connectivity index (χ4n) is 7.23. The molecule has 1 aliphatic carbocycles. The van der Waals surface area contributed by atoms with E-state index in [9.17, 15) is 9.59 Å². The quantitative estimate of drug-likeness (QED) is 0.553. The summed E-state index contributed by atoms with van der Waals surface area (Å²) in [4.78, 5) is 31.3. The lowest BCUT2D eigenvalue weighted by molar-refractivity contribution is 0.0701. The zero-order valence-electron chi connectivity index (χ0n) is 20.6. The summed E-state index contributed by atoms with van der Waals surface area (Å²) in [5, 5.41) is 4.93. The van der Waals surface area contributed by atoms with Crippen LogP contribution in [0.4, 0.5) is 0 Å². The van der Waals surface area contributed by atoms with Crippen LogP contribution in [0.15, 0.2) is 36.4 Å². The Bertz CT molecular complexity index is 1420. The summed E-state index contributed by atoms with van der Waals surface area (Å²) in [5.74, 6) is 0.179. The number of halogens is 1. The highest BCUT2D eigenvalue weighted by Crippen LogP contribution is 2.44. The van der Waals surface area contributed by atoms with Crippen molar-refractivity contribution in [3.63, 3.8) is 0 Å². The molecule has 0 bridgehead atoms. The molecule has 6 nitrogen and oxygen atoms in total. The molecule has 0 saturated carbocycles. The molecule has 1 unspecified atom stereocenters. The minimum absolute atomic E-state index is 0.0143. The van der Waals surface area contributed by atoms with E-state index in [1.54, 1.807) is 0 Å². The number of nitrogens with zero attached hydrogens (tertiary/aromatic N) is 3. The molecule has 3 aromatic rings. The zero-order valence-corrected chi connectivity index (χ0v) is 21.4. The van der Waals surface area contributed by atoms with Gasteiger partial charge in [-0.25, -0.2) is 0 Å². The monoisotopic (exact) mass is 502 g/mol. The van der Waals surface area contributed by atoms with Gasteiger partial charge in [0.25, 0.3) is 11.8 Å². The molecule has 186 valence electrons. The first kappa shape index (κ1) is 22.4. The van der Waals surface area contributed by atoms with Crippen LogP contribution in [0.1, 0.15) is 69.3 Å². The Morgan fingerprint density at radius 3 is 2.81 bits per heavy atom. The first-order valence-corrected chi connectivity index (χ1v) is 13.5. The maximum atomic E-state index is 13.7. The van der Waals surface area contributed by atoms with Crippen LogP contribution in [-0.2, 0) is 20.0 Å². The Morgan fingerprint density at radius 1 is 1.14 bits per heavy atom. The number of aromatic nitrogens is 1. The lowest BCUT2D eigenvalue weighted by Crippen LogP contribution is -2.39. The second-order valence-electron chi connectivity index (χ2n) is 11.1. The highest BCUT2D eigenvalue weighted by Gasteiger charge is 2.42. The average Bonchev–Trinajstić information content (AvgIpc) is 3.64. The molecule has 0 radical (unpaired) electrons. The fourth-order valence-corrected chi connectivity index (χ4v) is 7.50. The van der Waals surface area contributed by atoms with E-state index in [-0.39, 0.29) is 23.3 Å². The van der Waals surface area contributed by atoms with Gasteiger partial charge in [0, 0.05) is 31.1 Å². The number of amides is 2. The van der Waals surface area contributed by atoms with E-state index < -0.39 is 0 Å². The topological polar surface area (TPSA) is 57.6 Å². The molecule has 36 heavy (non-hydrogen) atoms. The predicted octanol–water partition coefficient (Wildman–Crippen LogP) is 4.69. The summed E-state index contributed by atoms with van der Waals surface area (Å²) in [6.07, 6.45) is 5.22. The van der Waals surface area contributed by atoms with Crippen LogP contribution in [0.25, 0.3) is 10.9 Å². The molecule has 7 rings (SSSR count). The van der Waals surface area contributed by atoms with Gasteiger partial charge in [-0.2, -0.15) is 0 Å². The highest BCUT2D eigenvalue weighted by atomic mass is 35.5. The van der Waals surface area contributed by atoms with Gasteiger partial charge >= 0.3 is 0 Å². The van der Waals surface area contributed by atoms with Gasteiger partial charge < -0.3 is 19.7 Å². The number of fused-ring (bicyclic) bond motifs is 4. The molecule has 1 atom stereocenters. The van der Waals surface area contributed by atoms with E-state index in [4.69, 9.17) is 11.6 Å². The number of nitrogens with one attached hydrogen (secondary N) is 1. The summed E-state index contributed by atoms with van der Waals surface area (Å²) in [6, 6.07) is 12.0. The van der Waals surface area contributed by atoms with Crippen molar-refractivity contribution in [2.45, 2.75) is 44.7 Å². The Kier molecular flexibility index (Phi) is 5.03. The molecule has 2 amide bonds. The van der Waals surface area contributed by atoms with Gasteiger partial charge in [0.15, 0.2) is 0 Å². The van der Waals surface area contributed by atoms with Gasteiger partial charge in [-0.15, -0.1) is 0 Å². The fraction of sp³-hybridized carbons (Fsp3) is 0.448. The number of hydrogen-bond donors (Lipinski definition) is 1. The van der Waals surface area contributed by atoms with E-state index in [1.807, 2.05) is 36.2 Å². The van der Waals surface area contributed by atoms with Gasteiger partial charge in [0.2, 0.25) is 0 Å². The third kappa shape index (κ3) is 3.20. The number of likely N-dealkylation sites (tertiary alicyclic amines) is 1. The average molecular weight is 503 g/mol. The van der Waals surface area contributed by atoms with Gasteiger partial charge in [0.1, 0.15) is 0 Å². The molecule has 2 saturated heterocycles. The van der Waals surface area contributed by atoms with Crippen molar-refractivity contribution in [2.75, 3.05) is 26.2 Å². The Morgan fingerprint density at radius 2 is 1.97 bits per heavy atom. The van der Waals surface area contributed by atoms with Crippen LogP contribution >= 0.6 is 11.6 Å². The Labute approximate surface area is 216 Å². The van der Waals surface area contributed by atoms with Gasteiger partial charge in [0.05, 0.1) is 34.4 Å². The molecule has 1 N–H and O–H groups in total. The minimum Gasteiger partial charge on any atom is -0.345 e. The SMILES string of the molecule is Cn1c2c(c3c(Cl)cccc31)C(=O)N(C1CCc3ccc(C(=O)N4CCC5(CCNCC5)C4)cc31)C2. The second kappa shape index (κ2) is 8.09. The van der Waals surface area contributed by atoms with Crippen LogP contribution in [0.5, 0.6) is 0 Å². The normalized spacial score (nSPS) is 22.6. The lowest BCUT2D eigenvalue weighted by atomic mass is 9.78. The van der Waals surface area contributed by atoms with Crippen LogP contribution in [0, 0.1) is 5.41 Å². The van der Waals surface area contributed by atoms with E-state index in [1.165, 1.54) is 5.56 Å². The number of hydrogen-bond acceptors (Lipinski definition) is 3. The van der Waals surface area contributed by atoms with E-state index >= 15 is 0 Å². The Balaban J connectivity index is 1.17. The summed E-state index contributed by atoms with van der Waals surface area (Å²) in [7, 11) is 2.01. The molecule has 1 aromatic heterocycles. The van der Waals surface area contributed by atoms with Crippen molar-refractivity contribution >= 4 is 34.3 Å². The van der Waals surface area contributed by atoms with Crippen LogP contribution < -0.4 is 5.32 Å². The summed E-state index contributed by atoms with van der Waals surface area (Å²) >= 11 is 6.55. The molecular formula is C29H31ClN4O2. The molecule has 1 spiro atoms. The van der Waals surface area contributed by atoms with Crippen molar-refractivity contribution in [1.82, 2.24) is 19.7 Å². The summed E-state index contributed by atoms with van der Waals surface area (Å²) in [5.41, 5.74) is 6.18. The van der Waals surface area contributed by atoms with Crippen molar-refractivity contribution in [1.29, 1.82) is 0 Å². The molecule has 2 aromatic carbocycles. The molecular weight excluding hydrogens is 472 g/mol. The summed E-state index contributed by atoms with van der Waals surface area (Å²) < 4.78 is 2.11. The number of carbonyl (C=O) groups excluding carboxylic acids is 2. The van der Waals surface area contributed by atoms with Gasteiger partial charge in [-0.05, 0) is 86.0 Å². The number of carbonyl (C=O) groups is 2. The highest BCUT2D eigenvalue weighted by molar-refractivity contribution is 6.37. The van der Waals surface area contributed by atoms with E-state index in [2.05, 4.69) is 26.9 Å². The first-order valence-electron chi connectivity index (χ1n) is 13.2. The second-order valence-corrected chi connectivity index (χ2v) is 11.5. The zero-order chi connectivity index (χ0) is 24.6. The molecule has 7 heteroatoms. The van der Waals surface area contributed by atoms with E-state index in [0.717, 1.165) is 91.6 Å². The number of benzene rings is 2. The molecule has 3 aliphatic heterocycles. The van der Waals surface area contributed by atoms with E-state index in [0.29, 0.717) is 11.6 Å². The number of piperidine rings is 1. The molecule has 2 fully saturated rings. The van der Waals surface area contributed by atoms with Crippen molar-refractivity contribution in [3.05, 3.63) is 69.4 Å². The lowest BCUT2D eigenvalue weighted by Gasteiger charge is -2.33. The Hall–Kier alpha value is -2.83. The van der Waals surface area contributed by atoms with Crippen LogP contribution in [-0.4, -0.2) is 52.4 Å². The number of rotatable bonds is 2.